The number of amides is 1. The smallest absolute Gasteiger partial charge is 0.306 e. The van der Waals surface area contributed by atoms with Gasteiger partial charge in [-0.25, -0.2) is 0 Å². The minimum atomic E-state index is -0.454. The lowest BCUT2D eigenvalue weighted by atomic mass is 10.1. The number of nitrogens with one attached hydrogen (secondary N) is 1. The largest absolute Gasteiger partial charge is 0.493 e. The second-order valence-electron chi connectivity index (χ2n) is 6.40. The molecule has 1 amide bonds. The summed E-state index contributed by atoms with van der Waals surface area (Å²) in [6.07, 6.45) is 0.546. The van der Waals surface area contributed by atoms with Gasteiger partial charge >= 0.3 is 5.97 Å². The first-order valence-corrected chi connectivity index (χ1v) is 9.24. The Labute approximate surface area is 170 Å². The van der Waals surface area contributed by atoms with E-state index < -0.39 is 5.97 Å². The second-order valence-corrected chi connectivity index (χ2v) is 6.40. The average molecular weight is 401 g/mol. The molecule has 29 heavy (non-hydrogen) atoms. The minimum Gasteiger partial charge on any atom is -0.493 e. The Morgan fingerprint density at radius 2 is 1.62 bits per heavy atom. The number of rotatable bonds is 10. The Hall–Kier alpha value is -3.22. The third-order valence-electron chi connectivity index (χ3n) is 4.44. The Kier molecular flexibility index (Phi) is 8.33. The number of carbonyl (C=O) groups is 2. The van der Waals surface area contributed by atoms with Crippen LogP contribution in [0.3, 0.4) is 0 Å². The van der Waals surface area contributed by atoms with Crippen LogP contribution in [0.2, 0.25) is 0 Å². The maximum Gasteiger partial charge on any atom is 0.306 e. The van der Waals surface area contributed by atoms with E-state index in [-0.39, 0.29) is 18.9 Å². The summed E-state index contributed by atoms with van der Waals surface area (Å²) in [6, 6.07) is 11.3. The molecule has 156 valence electrons. The van der Waals surface area contributed by atoms with Gasteiger partial charge in [0.25, 0.3) is 5.91 Å². The van der Waals surface area contributed by atoms with Gasteiger partial charge < -0.3 is 24.3 Å². The molecule has 0 heterocycles. The summed E-state index contributed by atoms with van der Waals surface area (Å²) in [5, 5.41) is 2.75. The Morgan fingerprint density at radius 1 is 0.966 bits per heavy atom. The van der Waals surface area contributed by atoms with Crippen LogP contribution in [0.4, 0.5) is 0 Å². The quantitative estimate of drug-likeness (QED) is 0.617. The maximum atomic E-state index is 12.0. The van der Waals surface area contributed by atoms with Gasteiger partial charge in [0, 0.05) is 13.0 Å². The molecule has 1 N–H and O–H groups in total. The van der Waals surface area contributed by atoms with Crippen LogP contribution in [0, 0.1) is 6.92 Å². The monoisotopic (exact) mass is 401 g/mol. The molecule has 7 heteroatoms. The third kappa shape index (κ3) is 6.41. The van der Waals surface area contributed by atoms with E-state index in [1.807, 2.05) is 31.2 Å². The van der Waals surface area contributed by atoms with E-state index in [9.17, 15) is 9.59 Å². The van der Waals surface area contributed by atoms with Crippen molar-refractivity contribution in [2.45, 2.75) is 26.3 Å². The zero-order chi connectivity index (χ0) is 21.2. The van der Waals surface area contributed by atoms with E-state index in [0.717, 1.165) is 16.7 Å². The van der Waals surface area contributed by atoms with Gasteiger partial charge in [0.1, 0.15) is 0 Å². The predicted molar refractivity (Wildman–Crippen MR) is 108 cm³/mol. The lowest BCUT2D eigenvalue weighted by molar-refractivity contribution is -0.148. The Morgan fingerprint density at radius 3 is 2.21 bits per heavy atom. The van der Waals surface area contributed by atoms with E-state index in [2.05, 4.69) is 5.32 Å². The number of aryl methyl sites for hydroxylation is 2. The SMILES string of the molecule is COc1cc(CCC(=O)OCC(=O)NCc2ccccc2C)cc(OC)c1OC. The maximum absolute atomic E-state index is 12.0. The molecule has 0 aromatic heterocycles. The highest BCUT2D eigenvalue weighted by atomic mass is 16.5. The fourth-order valence-electron chi connectivity index (χ4n) is 2.80. The fraction of sp³-hybridized carbons (Fsp3) is 0.364. The number of hydrogen-bond donors (Lipinski definition) is 1. The van der Waals surface area contributed by atoms with Crippen LogP contribution in [-0.4, -0.2) is 39.8 Å². The van der Waals surface area contributed by atoms with Gasteiger partial charge in [-0.3, -0.25) is 9.59 Å². The zero-order valence-electron chi connectivity index (χ0n) is 17.2. The van der Waals surface area contributed by atoms with Gasteiger partial charge in [-0.15, -0.1) is 0 Å². The molecule has 0 atom stereocenters. The second kappa shape index (κ2) is 10.9. The third-order valence-corrected chi connectivity index (χ3v) is 4.44. The zero-order valence-corrected chi connectivity index (χ0v) is 17.2. The van der Waals surface area contributed by atoms with E-state index in [0.29, 0.717) is 30.2 Å². The van der Waals surface area contributed by atoms with E-state index >= 15 is 0 Å². The standard InChI is InChI=1S/C22H27NO6/c1-15-7-5-6-8-17(15)13-23-20(24)14-29-21(25)10-9-16-11-18(26-2)22(28-4)19(12-16)27-3/h5-8,11-12H,9-10,13-14H2,1-4H3,(H,23,24). The summed E-state index contributed by atoms with van der Waals surface area (Å²) in [5.41, 5.74) is 2.95. The number of benzene rings is 2. The molecule has 0 aliphatic carbocycles. The van der Waals surface area contributed by atoms with Crippen molar-refractivity contribution in [3.05, 3.63) is 53.1 Å². The first kappa shape index (κ1) is 22.1. The van der Waals surface area contributed by atoms with Crippen LogP contribution in [-0.2, 0) is 27.3 Å². The van der Waals surface area contributed by atoms with Gasteiger partial charge in [-0.2, -0.15) is 0 Å². The fourth-order valence-corrected chi connectivity index (χ4v) is 2.80. The first-order chi connectivity index (χ1) is 14.0. The molecule has 2 rings (SSSR count). The number of ether oxygens (including phenoxy) is 4. The summed E-state index contributed by atoms with van der Waals surface area (Å²) < 4.78 is 20.9. The molecule has 0 unspecified atom stereocenters. The highest BCUT2D eigenvalue weighted by Gasteiger charge is 2.14. The van der Waals surface area contributed by atoms with E-state index in [4.69, 9.17) is 18.9 Å². The van der Waals surface area contributed by atoms with Crippen molar-refractivity contribution in [2.24, 2.45) is 0 Å². The van der Waals surface area contributed by atoms with Crippen molar-refractivity contribution in [1.82, 2.24) is 5.32 Å². The summed E-state index contributed by atoms with van der Waals surface area (Å²) >= 11 is 0. The summed E-state index contributed by atoms with van der Waals surface area (Å²) in [6.45, 7) is 2.07. The molecule has 0 saturated carbocycles. The van der Waals surface area contributed by atoms with Gasteiger partial charge in [-0.1, -0.05) is 24.3 Å². The molecule has 0 aliphatic rings. The highest BCUT2D eigenvalue weighted by Crippen LogP contribution is 2.38. The van der Waals surface area contributed by atoms with E-state index in [1.54, 1.807) is 12.1 Å². The summed E-state index contributed by atoms with van der Waals surface area (Å²) in [4.78, 5) is 23.9. The average Bonchev–Trinajstić information content (AvgIpc) is 2.74. The van der Waals surface area contributed by atoms with Crippen LogP contribution in [0.5, 0.6) is 17.2 Å². The minimum absolute atomic E-state index is 0.129. The molecule has 2 aromatic carbocycles. The lowest BCUT2D eigenvalue weighted by Crippen LogP contribution is -2.28. The molecule has 0 aliphatic heterocycles. The Bertz CT molecular complexity index is 824. The summed E-state index contributed by atoms with van der Waals surface area (Å²) in [7, 11) is 4.59. The molecule has 0 saturated heterocycles. The van der Waals surface area contributed by atoms with Crippen LogP contribution < -0.4 is 19.5 Å². The Balaban J connectivity index is 1.81. The molecular weight excluding hydrogens is 374 g/mol. The highest BCUT2D eigenvalue weighted by molar-refractivity contribution is 5.80. The lowest BCUT2D eigenvalue weighted by Gasteiger charge is -2.14. The van der Waals surface area contributed by atoms with Crippen molar-refractivity contribution < 1.29 is 28.5 Å². The molecule has 0 bridgehead atoms. The van der Waals surface area contributed by atoms with Crippen molar-refractivity contribution >= 4 is 11.9 Å². The van der Waals surface area contributed by atoms with Crippen LogP contribution in [0.15, 0.2) is 36.4 Å². The van der Waals surface area contributed by atoms with Gasteiger partial charge in [-0.05, 0) is 42.2 Å². The topological polar surface area (TPSA) is 83.1 Å². The molecule has 0 spiro atoms. The predicted octanol–water partition coefficient (Wildman–Crippen LogP) is 2.81. The normalized spacial score (nSPS) is 10.2. The van der Waals surface area contributed by atoms with Crippen LogP contribution in [0.25, 0.3) is 0 Å². The van der Waals surface area contributed by atoms with Crippen LogP contribution >= 0.6 is 0 Å². The van der Waals surface area contributed by atoms with Crippen molar-refractivity contribution in [3.63, 3.8) is 0 Å². The van der Waals surface area contributed by atoms with Crippen molar-refractivity contribution in [3.8, 4) is 17.2 Å². The van der Waals surface area contributed by atoms with E-state index in [1.165, 1.54) is 21.3 Å². The summed E-state index contributed by atoms with van der Waals surface area (Å²) in [5.74, 6) is 0.738. The van der Waals surface area contributed by atoms with Crippen molar-refractivity contribution in [2.75, 3.05) is 27.9 Å². The number of hydrogen-bond acceptors (Lipinski definition) is 6. The number of methoxy groups -OCH3 is 3. The van der Waals surface area contributed by atoms with Gasteiger partial charge in [0.15, 0.2) is 18.1 Å². The van der Waals surface area contributed by atoms with Crippen molar-refractivity contribution in [1.29, 1.82) is 0 Å². The molecular formula is C22H27NO6. The molecule has 7 nitrogen and oxygen atoms in total. The van der Waals surface area contributed by atoms with Gasteiger partial charge in [0.2, 0.25) is 5.75 Å². The molecule has 2 aromatic rings. The first-order valence-electron chi connectivity index (χ1n) is 9.24. The number of esters is 1. The molecule has 0 radical (unpaired) electrons. The van der Waals surface area contributed by atoms with Gasteiger partial charge in [0.05, 0.1) is 21.3 Å². The molecule has 0 fully saturated rings. The number of carbonyl (C=O) groups excluding carboxylic acids is 2. The van der Waals surface area contributed by atoms with Crippen LogP contribution in [0.1, 0.15) is 23.1 Å².